The van der Waals surface area contributed by atoms with Crippen LogP contribution in [0.2, 0.25) is 5.02 Å². The van der Waals surface area contributed by atoms with Crippen LogP contribution < -0.4 is 5.43 Å². The highest BCUT2D eigenvalue weighted by atomic mass is 35.5. The third-order valence-electron chi connectivity index (χ3n) is 4.53. The molecule has 1 aromatic heterocycles. The van der Waals surface area contributed by atoms with E-state index >= 15 is 0 Å². The highest BCUT2D eigenvalue weighted by molar-refractivity contribution is 6.31. The van der Waals surface area contributed by atoms with Gasteiger partial charge in [0.2, 0.25) is 5.43 Å². The average molecular weight is 346 g/mol. The van der Waals surface area contributed by atoms with E-state index in [0.29, 0.717) is 33.5 Å². The second-order valence-corrected chi connectivity index (χ2v) is 7.17. The summed E-state index contributed by atoms with van der Waals surface area (Å²) in [6.07, 6.45) is 0. The molecule has 4 nitrogen and oxygen atoms in total. The molecule has 0 fully saturated rings. The largest absolute Gasteiger partial charge is 0.456 e. The SMILES string of the molecule is CN(Cc1ccc2oc3ccc(Cl)cc3c(=O)c2c1)C(C)(C)CO. The lowest BCUT2D eigenvalue weighted by atomic mass is 10.0. The number of benzene rings is 2. The Bertz CT molecular complexity index is 962. The molecule has 5 heteroatoms. The second-order valence-electron chi connectivity index (χ2n) is 6.73. The van der Waals surface area contributed by atoms with Crippen molar-refractivity contribution in [3.8, 4) is 0 Å². The van der Waals surface area contributed by atoms with Crippen molar-refractivity contribution in [1.82, 2.24) is 4.90 Å². The maximum atomic E-state index is 12.8. The highest BCUT2D eigenvalue weighted by Crippen LogP contribution is 2.23. The fourth-order valence-corrected chi connectivity index (χ4v) is 2.75. The van der Waals surface area contributed by atoms with Crippen molar-refractivity contribution in [3.05, 3.63) is 57.2 Å². The first-order valence-electron chi connectivity index (χ1n) is 7.79. The number of halogens is 1. The van der Waals surface area contributed by atoms with Gasteiger partial charge in [-0.1, -0.05) is 17.7 Å². The Labute approximate surface area is 145 Å². The van der Waals surface area contributed by atoms with Gasteiger partial charge in [-0.25, -0.2) is 0 Å². The van der Waals surface area contributed by atoms with Gasteiger partial charge in [-0.2, -0.15) is 0 Å². The Hall–Kier alpha value is -1.88. The lowest BCUT2D eigenvalue weighted by Crippen LogP contribution is -2.43. The van der Waals surface area contributed by atoms with Crippen LogP contribution in [0.15, 0.2) is 45.6 Å². The van der Waals surface area contributed by atoms with E-state index < -0.39 is 0 Å². The van der Waals surface area contributed by atoms with Gasteiger partial charge in [0, 0.05) is 17.1 Å². The third kappa shape index (κ3) is 3.05. The summed E-state index contributed by atoms with van der Waals surface area (Å²) in [6, 6.07) is 10.7. The minimum absolute atomic E-state index is 0.0579. The van der Waals surface area contributed by atoms with Crippen LogP contribution in [0.3, 0.4) is 0 Å². The van der Waals surface area contributed by atoms with Gasteiger partial charge in [0.1, 0.15) is 11.2 Å². The van der Waals surface area contributed by atoms with E-state index in [1.54, 1.807) is 18.2 Å². The summed E-state index contributed by atoms with van der Waals surface area (Å²) < 4.78 is 5.82. The van der Waals surface area contributed by atoms with Gasteiger partial charge >= 0.3 is 0 Å². The number of hydrogen-bond acceptors (Lipinski definition) is 4. The summed E-state index contributed by atoms with van der Waals surface area (Å²) in [6.45, 7) is 4.62. The van der Waals surface area contributed by atoms with Gasteiger partial charge in [0.25, 0.3) is 0 Å². The monoisotopic (exact) mass is 345 g/mol. The van der Waals surface area contributed by atoms with Crippen molar-refractivity contribution in [2.75, 3.05) is 13.7 Å². The van der Waals surface area contributed by atoms with Gasteiger partial charge in [0.05, 0.1) is 17.4 Å². The molecule has 0 aliphatic rings. The molecule has 0 spiro atoms. The van der Waals surface area contributed by atoms with Crippen LogP contribution in [0, 0.1) is 0 Å². The van der Waals surface area contributed by atoms with Gasteiger partial charge in [-0.3, -0.25) is 9.69 Å². The van der Waals surface area contributed by atoms with E-state index in [9.17, 15) is 9.90 Å². The minimum Gasteiger partial charge on any atom is -0.456 e. The Kier molecular flexibility index (Phi) is 4.38. The van der Waals surface area contributed by atoms with Crippen molar-refractivity contribution in [2.45, 2.75) is 25.9 Å². The van der Waals surface area contributed by atoms with Gasteiger partial charge in [0.15, 0.2) is 0 Å². The first-order valence-corrected chi connectivity index (χ1v) is 8.17. The smallest absolute Gasteiger partial charge is 0.200 e. The maximum absolute atomic E-state index is 12.8. The molecule has 3 rings (SSSR count). The fourth-order valence-electron chi connectivity index (χ4n) is 2.58. The van der Waals surface area contributed by atoms with Crippen molar-refractivity contribution < 1.29 is 9.52 Å². The molecule has 1 heterocycles. The Morgan fingerprint density at radius 2 is 1.75 bits per heavy atom. The quantitative estimate of drug-likeness (QED) is 0.731. The number of hydrogen-bond donors (Lipinski definition) is 1. The van der Waals surface area contributed by atoms with Crippen LogP contribution in [0.25, 0.3) is 21.9 Å². The average Bonchev–Trinajstić information content (AvgIpc) is 2.56. The molecule has 0 atom stereocenters. The molecule has 0 saturated carbocycles. The van der Waals surface area contributed by atoms with E-state index in [4.69, 9.17) is 16.0 Å². The topological polar surface area (TPSA) is 53.7 Å². The van der Waals surface area contributed by atoms with E-state index in [1.807, 2.05) is 44.0 Å². The van der Waals surface area contributed by atoms with Gasteiger partial charge in [-0.15, -0.1) is 0 Å². The molecule has 24 heavy (non-hydrogen) atoms. The zero-order valence-corrected chi connectivity index (χ0v) is 14.7. The summed E-state index contributed by atoms with van der Waals surface area (Å²) in [5.41, 5.74) is 1.65. The molecule has 0 unspecified atom stereocenters. The van der Waals surface area contributed by atoms with E-state index in [-0.39, 0.29) is 17.6 Å². The molecule has 2 aromatic carbocycles. The Morgan fingerprint density at radius 3 is 2.42 bits per heavy atom. The summed E-state index contributed by atoms with van der Waals surface area (Å²) >= 11 is 6.00. The molecular weight excluding hydrogens is 326 g/mol. The second kappa shape index (κ2) is 6.20. The van der Waals surface area contributed by atoms with Crippen LogP contribution in [-0.4, -0.2) is 29.2 Å². The van der Waals surface area contributed by atoms with Crippen molar-refractivity contribution in [2.24, 2.45) is 0 Å². The molecule has 126 valence electrons. The van der Waals surface area contributed by atoms with E-state index in [1.165, 1.54) is 0 Å². The molecular formula is C19H20ClNO3. The molecule has 0 bridgehead atoms. The zero-order valence-electron chi connectivity index (χ0n) is 14.0. The molecule has 1 N–H and O–H groups in total. The van der Waals surface area contributed by atoms with Gasteiger partial charge < -0.3 is 9.52 Å². The number of likely N-dealkylation sites (N-methyl/N-ethyl adjacent to an activating group) is 1. The first kappa shape index (κ1) is 17.0. The lowest BCUT2D eigenvalue weighted by molar-refractivity contribution is 0.0734. The molecule has 0 amide bonds. The van der Waals surface area contributed by atoms with Crippen LogP contribution >= 0.6 is 11.6 Å². The summed E-state index contributed by atoms with van der Waals surface area (Å²) in [5.74, 6) is 0. The van der Waals surface area contributed by atoms with Crippen molar-refractivity contribution >= 4 is 33.5 Å². The normalized spacial score (nSPS) is 12.4. The molecule has 3 aromatic rings. The summed E-state index contributed by atoms with van der Waals surface area (Å²) in [5, 5.41) is 11.0. The zero-order chi connectivity index (χ0) is 17.5. The van der Waals surface area contributed by atoms with Crippen molar-refractivity contribution in [1.29, 1.82) is 0 Å². The highest BCUT2D eigenvalue weighted by Gasteiger charge is 2.22. The Morgan fingerprint density at radius 1 is 1.12 bits per heavy atom. The maximum Gasteiger partial charge on any atom is 0.200 e. The number of nitrogens with zero attached hydrogens (tertiary/aromatic N) is 1. The number of aliphatic hydroxyl groups is 1. The number of fused-ring (bicyclic) bond motifs is 2. The fraction of sp³-hybridized carbons (Fsp3) is 0.316. The Balaban J connectivity index is 2.09. The molecule has 0 aliphatic carbocycles. The minimum atomic E-state index is -0.337. The molecule has 0 radical (unpaired) electrons. The van der Waals surface area contributed by atoms with Crippen LogP contribution in [0.5, 0.6) is 0 Å². The third-order valence-corrected chi connectivity index (χ3v) is 4.77. The predicted octanol–water partition coefficient (Wildman–Crippen LogP) is 3.80. The van der Waals surface area contributed by atoms with Crippen molar-refractivity contribution in [3.63, 3.8) is 0 Å². The lowest BCUT2D eigenvalue weighted by Gasteiger charge is -2.33. The molecule has 0 saturated heterocycles. The van der Waals surface area contributed by atoms with E-state index in [2.05, 4.69) is 0 Å². The van der Waals surface area contributed by atoms with Crippen LogP contribution in [-0.2, 0) is 6.54 Å². The summed E-state index contributed by atoms with van der Waals surface area (Å²) in [7, 11) is 1.95. The first-order chi connectivity index (χ1) is 11.3. The molecule has 0 aliphatic heterocycles. The van der Waals surface area contributed by atoms with Crippen LogP contribution in [0.4, 0.5) is 0 Å². The number of aliphatic hydroxyl groups excluding tert-OH is 1. The van der Waals surface area contributed by atoms with Crippen LogP contribution in [0.1, 0.15) is 19.4 Å². The number of rotatable bonds is 4. The van der Waals surface area contributed by atoms with E-state index in [0.717, 1.165) is 5.56 Å². The predicted molar refractivity (Wildman–Crippen MR) is 97.6 cm³/mol. The summed E-state index contributed by atoms with van der Waals surface area (Å²) in [4.78, 5) is 14.8. The van der Waals surface area contributed by atoms with Gasteiger partial charge in [-0.05, 0) is 56.8 Å². The standard InChI is InChI=1S/C19H20ClNO3/c1-19(2,11-22)21(3)10-12-4-6-16-14(8-12)18(23)15-9-13(20)5-7-17(15)24-16/h4-9,22H,10-11H2,1-3H3.